The molecule has 0 unspecified atom stereocenters. The Hall–Kier alpha value is -3.84. The van der Waals surface area contributed by atoms with E-state index in [-0.39, 0.29) is 5.82 Å². The van der Waals surface area contributed by atoms with Crippen molar-refractivity contribution in [3.63, 3.8) is 0 Å². The van der Waals surface area contributed by atoms with Gasteiger partial charge in [0.2, 0.25) is 0 Å². The van der Waals surface area contributed by atoms with Gasteiger partial charge in [-0.2, -0.15) is 0 Å². The zero-order valence-corrected chi connectivity index (χ0v) is 15.6. The van der Waals surface area contributed by atoms with Gasteiger partial charge in [0, 0.05) is 47.7 Å². The Morgan fingerprint density at radius 1 is 1.00 bits per heavy atom. The Labute approximate surface area is 166 Å². The van der Waals surface area contributed by atoms with E-state index in [0.29, 0.717) is 11.4 Å². The minimum atomic E-state index is -0.321. The molecule has 7 heteroatoms. The van der Waals surface area contributed by atoms with Crippen LogP contribution in [0.25, 0.3) is 39.0 Å². The van der Waals surface area contributed by atoms with Gasteiger partial charge in [-0.1, -0.05) is 12.1 Å². The first-order valence-corrected chi connectivity index (χ1v) is 9.15. The van der Waals surface area contributed by atoms with Crippen LogP contribution in [0.3, 0.4) is 0 Å². The number of hydrazine groups is 1. The molecule has 0 aliphatic rings. The van der Waals surface area contributed by atoms with Crippen LogP contribution in [-0.2, 0) is 0 Å². The minimum Gasteiger partial charge on any atom is -0.322 e. The third-order valence-corrected chi connectivity index (χ3v) is 4.75. The van der Waals surface area contributed by atoms with Gasteiger partial charge in [-0.3, -0.25) is 4.98 Å². The summed E-state index contributed by atoms with van der Waals surface area (Å²) in [4.78, 5) is 13.7. The van der Waals surface area contributed by atoms with Crippen molar-refractivity contribution in [2.45, 2.75) is 0 Å². The van der Waals surface area contributed by atoms with Crippen molar-refractivity contribution >= 4 is 27.5 Å². The molecule has 3 aromatic heterocycles. The number of hydrogen-bond acceptors (Lipinski definition) is 5. The summed E-state index contributed by atoms with van der Waals surface area (Å²) in [6.07, 6.45) is 5.53. The Kier molecular flexibility index (Phi) is 4.14. The van der Waals surface area contributed by atoms with Crippen molar-refractivity contribution in [2.24, 2.45) is 0 Å². The van der Waals surface area contributed by atoms with Crippen molar-refractivity contribution in [1.82, 2.24) is 24.9 Å². The summed E-state index contributed by atoms with van der Waals surface area (Å²) in [5, 5.41) is 1.88. The molecule has 5 rings (SSSR count). The van der Waals surface area contributed by atoms with Gasteiger partial charge in [-0.15, -0.1) is 0 Å². The summed E-state index contributed by atoms with van der Waals surface area (Å²) in [7, 11) is 1.81. The second-order valence-corrected chi connectivity index (χ2v) is 6.61. The van der Waals surface area contributed by atoms with Gasteiger partial charge >= 0.3 is 0 Å². The quantitative estimate of drug-likeness (QED) is 0.452. The van der Waals surface area contributed by atoms with E-state index in [0.717, 1.165) is 33.3 Å². The highest BCUT2D eigenvalue weighted by molar-refractivity contribution is 5.92. The first-order chi connectivity index (χ1) is 14.2. The topological polar surface area (TPSA) is 67.7 Å². The molecule has 0 amide bonds. The fraction of sp³-hybridized carbons (Fsp3) is 0.0455. The van der Waals surface area contributed by atoms with Crippen LogP contribution < -0.4 is 10.9 Å². The maximum Gasteiger partial charge on any atom is 0.162 e. The predicted octanol–water partition coefficient (Wildman–Crippen LogP) is 4.32. The molecule has 142 valence electrons. The van der Waals surface area contributed by atoms with E-state index in [2.05, 4.69) is 20.8 Å². The number of pyridine rings is 1. The highest BCUT2D eigenvalue weighted by Gasteiger charge is 2.14. The molecule has 3 heterocycles. The number of fused-ring (bicyclic) bond motifs is 2. The summed E-state index contributed by atoms with van der Waals surface area (Å²) in [5.74, 6) is 0.867. The maximum absolute atomic E-state index is 13.8. The predicted molar refractivity (Wildman–Crippen MR) is 112 cm³/mol. The molecule has 29 heavy (non-hydrogen) atoms. The van der Waals surface area contributed by atoms with E-state index in [1.165, 1.54) is 12.1 Å². The fourth-order valence-corrected chi connectivity index (χ4v) is 3.44. The molecule has 2 N–H and O–H groups in total. The van der Waals surface area contributed by atoms with E-state index in [1.54, 1.807) is 19.3 Å². The van der Waals surface area contributed by atoms with Crippen LogP contribution in [0.1, 0.15) is 0 Å². The van der Waals surface area contributed by atoms with Crippen LogP contribution in [0.5, 0.6) is 0 Å². The van der Waals surface area contributed by atoms with Gasteiger partial charge in [0.05, 0.1) is 11.0 Å². The van der Waals surface area contributed by atoms with Crippen molar-refractivity contribution in [3.05, 3.63) is 79.0 Å². The van der Waals surface area contributed by atoms with Crippen molar-refractivity contribution in [2.75, 3.05) is 12.5 Å². The Morgan fingerprint density at radius 3 is 2.79 bits per heavy atom. The van der Waals surface area contributed by atoms with E-state index >= 15 is 0 Å². The average molecular weight is 384 g/mol. The minimum absolute atomic E-state index is 0.321. The molecule has 0 saturated carbocycles. The van der Waals surface area contributed by atoms with Gasteiger partial charge < -0.3 is 9.99 Å². The van der Waals surface area contributed by atoms with E-state index in [4.69, 9.17) is 4.98 Å². The SMILES string of the molecule is CNNc1ccc2nc(-c3cccc(F)c3)nc(-n3ccc4cnccc43)c2c1. The van der Waals surface area contributed by atoms with Gasteiger partial charge in [-0.05, 0) is 42.5 Å². The molecule has 6 nitrogen and oxygen atoms in total. The monoisotopic (exact) mass is 384 g/mol. The first kappa shape index (κ1) is 17.3. The lowest BCUT2D eigenvalue weighted by Gasteiger charge is -2.13. The zero-order chi connectivity index (χ0) is 19.8. The van der Waals surface area contributed by atoms with Gasteiger partial charge in [0.25, 0.3) is 0 Å². The lowest BCUT2D eigenvalue weighted by Crippen LogP contribution is -2.14. The molecular formula is C22H17FN6. The van der Waals surface area contributed by atoms with Crippen molar-refractivity contribution < 1.29 is 4.39 Å². The number of anilines is 1. The largest absolute Gasteiger partial charge is 0.322 e. The van der Waals surface area contributed by atoms with Gasteiger partial charge in [0.15, 0.2) is 5.82 Å². The Bertz CT molecular complexity index is 1340. The van der Waals surface area contributed by atoms with Gasteiger partial charge in [-0.25, -0.2) is 19.8 Å². The van der Waals surface area contributed by atoms with E-state index in [9.17, 15) is 4.39 Å². The molecular weight excluding hydrogens is 367 g/mol. The normalized spacial score (nSPS) is 11.2. The third kappa shape index (κ3) is 3.07. The number of nitrogens with one attached hydrogen (secondary N) is 2. The van der Waals surface area contributed by atoms with Crippen LogP contribution in [-0.4, -0.2) is 26.6 Å². The standard InChI is InChI=1S/C22H17FN6/c1-24-28-17-5-6-19-18(12-17)22(29-10-8-15-13-25-9-7-20(15)29)27-21(26-19)14-3-2-4-16(23)11-14/h2-13,24,28H,1H3. The Balaban J connectivity index is 1.82. The maximum atomic E-state index is 13.8. The molecule has 0 radical (unpaired) electrons. The number of benzene rings is 2. The van der Waals surface area contributed by atoms with Crippen LogP contribution in [0.15, 0.2) is 73.2 Å². The highest BCUT2D eigenvalue weighted by Crippen LogP contribution is 2.29. The number of hydrogen-bond donors (Lipinski definition) is 2. The molecule has 0 aliphatic carbocycles. The Morgan fingerprint density at radius 2 is 1.93 bits per heavy atom. The van der Waals surface area contributed by atoms with Gasteiger partial charge in [0.1, 0.15) is 11.6 Å². The van der Waals surface area contributed by atoms with Crippen LogP contribution in [0.2, 0.25) is 0 Å². The summed E-state index contributed by atoms with van der Waals surface area (Å²) in [5.41, 5.74) is 9.29. The van der Waals surface area contributed by atoms with E-state index in [1.807, 2.05) is 53.4 Å². The molecule has 0 bridgehead atoms. The molecule has 5 aromatic rings. The molecule has 0 saturated heterocycles. The average Bonchev–Trinajstić information content (AvgIpc) is 3.17. The van der Waals surface area contributed by atoms with Crippen molar-refractivity contribution in [1.29, 1.82) is 0 Å². The second-order valence-electron chi connectivity index (χ2n) is 6.61. The summed E-state index contributed by atoms with van der Waals surface area (Å²) < 4.78 is 15.8. The first-order valence-electron chi connectivity index (χ1n) is 9.15. The zero-order valence-electron chi connectivity index (χ0n) is 15.6. The molecule has 0 fully saturated rings. The fourth-order valence-electron chi connectivity index (χ4n) is 3.44. The number of nitrogens with zero attached hydrogens (tertiary/aromatic N) is 4. The molecule has 0 aliphatic heterocycles. The van der Waals surface area contributed by atoms with Crippen molar-refractivity contribution in [3.8, 4) is 17.2 Å². The summed E-state index contributed by atoms with van der Waals surface area (Å²) in [6.45, 7) is 0. The van der Waals surface area contributed by atoms with Crippen LogP contribution >= 0.6 is 0 Å². The summed E-state index contributed by atoms with van der Waals surface area (Å²) in [6, 6.07) is 16.1. The third-order valence-electron chi connectivity index (χ3n) is 4.75. The second kappa shape index (κ2) is 6.96. The summed E-state index contributed by atoms with van der Waals surface area (Å²) >= 11 is 0. The van der Waals surface area contributed by atoms with Crippen LogP contribution in [0.4, 0.5) is 10.1 Å². The van der Waals surface area contributed by atoms with E-state index < -0.39 is 0 Å². The highest BCUT2D eigenvalue weighted by atomic mass is 19.1. The number of rotatable bonds is 4. The number of aromatic nitrogens is 4. The smallest absolute Gasteiger partial charge is 0.162 e. The lowest BCUT2D eigenvalue weighted by atomic mass is 10.1. The lowest BCUT2D eigenvalue weighted by molar-refractivity contribution is 0.628. The number of halogens is 1. The van der Waals surface area contributed by atoms with Crippen LogP contribution in [0, 0.1) is 5.82 Å². The molecule has 0 spiro atoms. The molecule has 2 aromatic carbocycles. The molecule has 0 atom stereocenters.